The van der Waals surface area contributed by atoms with Gasteiger partial charge in [-0.1, -0.05) is 6.07 Å². The van der Waals surface area contributed by atoms with Crippen molar-refractivity contribution in [1.29, 1.82) is 0 Å². The first-order valence-electron chi connectivity index (χ1n) is 7.95. The topological polar surface area (TPSA) is 48.8 Å². The first-order chi connectivity index (χ1) is 11.3. The molecule has 2 aliphatic rings. The Labute approximate surface area is 135 Å². The van der Waals surface area contributed by atoms with E-state index in [1.54, 1.807) is 7.11 Å². The molecule has 0 aliphatic carbocycles. The summed E-state index contributed by atoms with van der Waals surface area (Å²) < 4.78 is 18.3. The lowest BCUT2D eigenvalue weighted by Gasteiger charge is -2.34. The summed E-state index contributed by atoms with van der Waals surface area (Å²) in [6.07, 6.45) is 2.86. The molecule has 0 bridgehead atoms. The van der Waals surface area contributed by atoms with Gasteiger partial charge in [-0.05, 0) is 30.2 Å². The molecule has 0 amide bonds. The number of methoxy groups -OCH3 is 1. The maximum atomic E-state index is 5.47. The summed E-state index contributed by atoms with van der Waals surface area (Å²) in [7, 11) is 1.75. The van der Waals surface area contributed by atoms with Crippen LogP contribution in [-0.2, 0) is 17.8 Å². The second-order valence-electron chi connectivity index (χ2n) is 6.06. The van der Waals surface area contributed by atoms with E-state index in [9.17, 15) is 0 Å². The first kappa shape index (κ1) is 14.5. The molecule has 2 aromatic rings. The smallest absolute Gasteiger partial charge is 0.231 e. The Morgan fingerprint density at radius 2 is 2.17 bits per heavy atom. The van der Waals surface area contributed by atoms with Crippen LogP contribution < -0.4 is 9.47 Å². The minimum Gasteiger partial charge on any atom is -0.454 e. The van der Waals surface area contributed by atoms with Crippen molar-refractivity contribution < 1.29 is 14.2 Å². The zero-order valence-corrected chi connectivity index (χ0v) is 13.3. The molecule has 1 aromatic carbocycles. The van der Waals surface area contributed by atoms with E-state index in [1.165, 1.54) is 11.3 Å². The molecule has 0 fully saturated rings. The van der Waals surface area contributed by atoms with E-state index < -0.39 is 0 Å². The fourth-order valence-corrected chi connectivity index (χ4v) is 3.35. The Bertz CT molecular complexity index is 685. The standard InChI is InChI=1S/C17H21N3O3/c1-21-7-5-15-11-19(10-14-4-6-18-20(14)15)9-13-2-3-16-17(8-13)23-12-22-16/h2-4,6,8,15H,5,7,9-12H2,1H3/t15-/m0/s1. The molecule has 0 radical (unpaired) electrons. The minimum absolute atomic E-state index is 0.320. The fraction of sp³-hybridized carbons (Fsp3) is 0.471. The van der Waals surface area contributed by atoms with Crippen LogP contribution in [0.4, 0.5) is 0 Å². The predicted molar refractivity (Wildman–Crippen MR) is 84.4 cm³/mol. The van der Waals surface area contributed by atoms with Gasteiger partial charge in [0.25, 0.3) is 0 Å². The maximum absolute atomic E-state index is 5.47. The highest BCUT2D eigenvalue weighted by Gasteiger charge is 2.25. The number of ether oxygens (including phenoxy) is 3. The fourth-order valence-electron chi connectivity index (χ4n) is 3.35. The van der Waals surface area contributed by atoms with Gasteiger partial charge in [0.1, 0.15) is 0 Å². The molecule has 23 heavy (non-hydrogen) atoms. The molecule has 1 atom stereocenters. The summed E-state index contributed by atoms with van der Waals surface area (Å²) in [5.41, 5.74) is 2.51. The van der Waals surface area contributed by atoms with E-state index in [0.29, 0.717) is 12.8 Å². The van der Waals surface area contributed by atoms with Crippen LogP contribution >= 0.6 is 0 Å². The Kier molecular flexibility index (Phi) is 3.93. The van der Waals surface area contributed by atoms with Crippen molar-refractivity contribution in [3.05, 3.63) is 41.7 Å². The van der Waals surface area contributed by atoms with Crippen molar-refractivity contribution in [2.45, 2.75) is 25.6 Å². The van der Waals surface area contributed by atoms with Gasteiger partial charge in [-0.3, -0.25) is 9.58 Å². The van der Waals surface area contributed by atoms with E-state index in [2.05, 4.69) is 32.9 Å². The molecular weight excluding hydrogens is 294 g/mol. The molecule has 4 rings (SSSR count). The zero-order valence-electron chi connectivity index (χ0n) is 13.3. The van der Waals surface area contributed by atoms with Crippen molar-refractivity contribution >= 4 is 0 Å². The van der Waals surface area contributed by atoms with Crippen molar-refractivity contribution in [1.82, 2.24) is 14.7 Å². The number of aromatic nitrogens is 2. The van der Waals surface area contributed by atoms with E-state index in [-0.39, 0.29) is 0 Å². The van der Waals surface area contributed by atoms with Crippen LogP contribution in [0.15, 0.2) is 30.5 Å². The number of hydrogen-bond acceptors (Lipinski definition) is 5. The minimum atomic E-state index is 0.320. The number of rotatable bonds is 5. The summed E-state index contributed by atoms with van der Waals surface area (Å²) >= 11 is 0. The maximum Gasteiger partial charge on any atom is 0.231 e. The van der Waals surface area contributed by atoms with Crippen LogP contribution in [0, 0.1) is 0 Å². The highest BCUT2D eigenvalue weighted by Crippen LogP contribution is 2.33. The second kappa shape index (κ2) is 6.22. The molecule has 6 nitrogen and oxygen atoms in total. The molecule has 0 N–H and O–H groups in total. The van der Waals surface area contributed by atoms with E-state index in [0.717, 1.165) is 44.2 Å². The zero-order chi connectivity index (χ0) is 15.6. The molecule has 0 saturated carbocycles. The summed E-state index contributed by atoms with van der Waals surface area (Å²) in [5.74, 6) is 1.68. The second-order valence-corrected chi connectivity index (χ2v) is 6.06. The molecule has 122 valence electrons. The third kappa shape index (κ3) is 2.92. The number of fused-ring (bicyclic) bond motifs is 2. The van der Waals surface area contributed by atoms with Crippen molar-refractivity contribution in [3.8, 4) is 11.5 Å². The third-order valence-electron chi connectivity index (χ3n) is 4.45. The largest absolute Gasteiger partial charge is 0.454 e. The van der Waals surface area contributed by atoms with Gasteiger partial charge in [0.05, 0.1) is 11.7 Å². The van der Waals surface area contributed by atoms with Gasteiger partial charge in [0.2, 0.25) is 6.79 Å². The van der Waals surface area contributed by atoms with Gasteiger partial charge >= 0.3 is 0 Å². The van der Waals surface area contributed by atoms with Crippen molar-refractivity contribution in [2.75, 3.05) is 27.1 Å². The van der Waals surface area contributed by atoms with Crippen LogP contribution in [0.5, 0.6) is 11.5 Å². The lowest BCUT2D eigenvalue weighted by Crippen LogP contribution is -2.37. The van der Waals surface area contributed by atoms with Crippen molar-refractivity contribution in [2.24, 2.45) is 0 Å². The number of nitrogens with zero attached hydrogens (tertiary/aromatic N) is 3. The molecule has 6 heteroatoms. The van der Waals surface area contributed by atoms with Crippen molar-refractivity contribution in [3.63, 3.8) is 0 Å². The summed E-state index contributed by atoms with van der Waals surface area (Å²) in [6, 6.07) is 8.66. The average molecular weight is 315 g/mol. The Hall–Kier alpha value is -2.05. The molecule has 2 aliphatic heterocycles. The predicted octanol–water partition coefficient (Wildman–Crippen LogP) is 2.21. The Morgan fingerprint density at radius 1 is 1.26 bits per heavy atom. The normalized spacial score (nSPS) is 19.8. The van der Waals surface area contributed by atoms with Gasteiger partial charge in [0, 0.05) is 39.5 Å². The highest BCUT2D eigenvalue weighted by molar-refractivity contribution is 5.44. The van der Waals surface area contributed by atoms with Gasteiger partial charge in [-0.2, -0.15) is 5.10 Å². The van der Waals surface area contributed by atoms with Crippen LogP contribution in [0.3, 0.4) is 0 Å². The van der Waals surface area contributed by atoms with Gasteiger partial charge in [0.15, 0.2) is 11.5 Å². The Balaban J connectivity index is 1.49. The van der Waals surface area contributed by atoms with E-state index in [1.807, 2.05) is 12.3 Å². The molecule has 0 spiro atoms. The quantitative estimate of drug-likeness (QED) is 0.846. The third-order valence-corrected chi connectivity index (χ3v) is 4.45. The molecular formula is C17H21N3O3. The van der Waals surface area contributed by atoms with E-state index >= 15 is 0 Å². The first-order valence-corrected chi connectivity index (χ1v) is 7.95. The lowest BCUT2D eigenvalue weighted by molar-refractivity contribution is 0.125. The SMILES string of the molecule is COCC[C@H]1CN(Cc2ccc3c(c2)OCO3)Cc2ccnn21. The molecule has 1 aromatic heterocycles. The molecule has 0 saturated heterocycles. The number of hydrogen-bond donors (Lipinski definition) is 0. The van der Waals surface area contributed by atoms with Gasteiger partial charge < -0.3 is 14.2 Å². The molecule has 0 unspecified atom stereocenters. The monoisotopic (exact) mass is 315 g/mol. The molecule has 3 heterocycles. The van der Waals surface area contributed by atoms with Gasteiger partial charge in [-0.25, -0.2) is 0 Å². The lowest BCUT2D eigenvalue weighted by atomic mass is 10.1. The van der Waals surface area contributed by atoms with Crippen LogP contribution in [0.1, 0.15) is 23.7 Å². The van der Waals surface area contributed by atoms with Gasteiger partial charge in [-0.15, -0.1) is 0 Å². The van der Waals surface area contributed by atoms with Crippen LogP contribution in [0.2, 0.25) is 0 Å². The summed E-state index contributed by atoms with van der Waals surface area (Å²) in [5, 5.41) is 4.48. The highest BCUT2D eigenvalue weighted by atomic mass is 16.7. The summed E-state index contributed by atoms with van der Waals surface area (Å²) in [4.78, 5) is 2.45. The summed E-state index contributed by atoms with van der Waals surface area (Å²) in [6.45, 7) is 3.86. The average Bonchev–Trinajstić information content (AvgIpc) is 3.20. The van der Waals surface area contributed by atoms with Crippen LogP contribution in [0.25, 0.3) is 0 Å². The number of benzene rings is 1. The van der Waals surface area contributed by atoms with E-state index in [4.69, 9.17) is 14.2 Å². The Morgan fingerprint density at radius 3 is 3.09 bits per heavy atom. The van der Waals surface area contributed by atoms with Crippen LogP contribution in [-0.4, -0.2) is 41.7 Å².